The average Bonchev–Trinajstić information content (AvgIpc) is 3.52. The molecule has 0 spiro atoms. The molecule has 0 fully saturated rings. The summed E-state index contributed by atoms with van der Waals surface area (Å²) in [4.78, 5) is 18.0. The van der Waals surface area contributed by atoms with Crippen molar-refractivity contribution in [3.05, 3.63) is 77.8 Å². The highest BCUT2D eigenvalue weighted by molar-refractivity contribution is 5.83. The van der Waals surface area contributed by atoms with E-state index in [2.05, 4.69) is 77.1 Å². The molecule has 5 rings (SSSR count). The Hall–Kier alpha value is -4.27. The molecule has 0 atom stereocenters. The highest BCUT2D eigenvalue weighted by atomic mass is 15.4. The van der Waals surface area contributed by atoms with E-state index in [1.807, 2.05) is 36.6 Å². The van der Waals surface area contributed by atoms with Crippen molar-refractivity contribution in [2.45, 2.75) is 40.7 Å². The molecule has 0 amide bonds. The number of benzene rings is 1. The number of anilines is 2. The average molecular weight is 496 g/mol. The molecule has 0 radical (unpaired) electrons. The van der Waals surface area contributed by atoms with Crippen LogP contribution < -0.4 is 9.80 Å². The van der Waals surface area contributed by atoms with Crippen LogP contribution in [0.3, 0.4) is 0 Å². The Kier molecular flexibility index (Phi) is 6.60. The number of aromatic nitrogens is 7. The second-order valence-corrected chi connectivity index (χ2v) is 9.63. The van der Waals surface area contributed by atoms with E-state index in [9.17, 15) is 0 Å². The molecule has 4 heterocycles. The molecule has 37 heavy (non-hydrogen) atoms. The maximum atomic E-state index is 4.98. The molecular weight excluding hydrogens is 462 g/mol. The van der Waals surface area contributed by atoms with Gasteiger partial charge in [-0.25, -0.2) is 19.6 Å². The minimum Gasteiger partial charge on any atom is -0.363 e. The number of pyridine rings is 1. The largest absolute Gasteiger partial charge is 0.363 e. The highest BCUT2D eigenvalue weighted by Crippen LogP contribution is 2.33. The summed E-state index contributed by atoms with van der Waals surface area (Å²) in [6.07, 6.45) is 6.21. The van der Waals surface area contributed by atoms with E-state index in [1.165, 1.54) is 5.56 Å². The Bertz CT molecular complexity index is 1520. The zero-order chi connectivity index (χ0) is 26.1. The summed E-state index contributed by atoms with van der Waals surface area (Å²) in [5.74, 6) is 1.97. The van der Waals surface area contributed by atoms with Gasteiger partial charge in [-0.05, 0) is 56.5 Å². The summed E-state index contributed by atoms with van der Waals surface area (Å²) in [7, 11) is 4.01. The summed E-state index contributed by atoms with van der Waals surface area (Å²) in [6.45, 7) is 10.1. The second-order valence-electron chi connectivity index (χ2n) is 9.63. The highest BCUT2D eigenvalue weighted by Gasteiger charge is 2.21. The van der Waals surface area contributed by atoms with Gasteiger partial charge >= 0.3 is 0 Å². The van der Waals surface area contributed by atoms with Gasteiger partial charge in [-0.1, -0.05) is 19.1 Å². The zero-order valence-corrected chi connectivity index (χ0v) is 22.3. The van der Waals surface area contributed by atoms with Gasteiger partial charge in [0.05, 0.1) is 16.9 Å². The fraction of sp³-hybridized carbons (Fsp3) is 0.321. The molecule has 190 valence electrons. The van der Waals surface area contributed by atoms with Crippen molar-refractivity contribution in [1.29, 1.82) is 0 Å². The molecule has 4 aromatic heterocycles. The number of hydrogen-bond donors (Lipinski definition) is 0. The van der Waals surface area contributed by atoms with Gasteiger partial charge in [0.2, 0.25) is 0 Å². The molecule has 1 aromatic carbocycles. The Balaban J connectivity index is 1.55. The van der Waals surface area contributed by atoms with Crippen LogP contribution in [0, 0.1) is 20.8 Å². The predicted octanol–water partition coefficient (Wildman–Crippen LogP) is 4.78. The van der Waals surface area contributed by atoms with E-state index in [-0.39, 0.29) is 0 Å². The Morgan fingerprint density at radius 2 is 1.78 bits per heavy atom. The lowest BCUT2D eigenvalue weighted by Gasteiger charge is -2.25. The minimum absolute atomic E-state index is 0.760. The summed E-state index contributed by atoms with van der Waals surface area (Å²) in [5, 5.41) is 9.20. The van der Waals surface area contributed by atoms with Crippen molar-refractivity contribution in [2.75, 3.05) is 30.4 Å². The lowest BCUT2D eigenvalue weighted by atomic mass is 10.0. The van der Waals surface area contributed by atoms with E-state index in [1.54, 1.807) is 17.3 Å². The van der Waals surface area contributed by atoms with Gasteiger partial charge < -0.3 is 9.80 Å². The predicted molar refractivity (Wildman–Crippen MR) is 147 cm³/mol. The molecule has 9 heteroatoms. The standard InChI is InChI=1S/C28H33N9/c1-7-12-35(16-22-8-10-23(11-9-22)36-18-29-17-31-36)26-14-20(3)32-28-27(21(4)33-37(26)28)24-15-30-25(34(5)6)13-19(24)2/h8-11,13-15,17-18H,7,12,16H2,1-6H3. The van der Waals surface area contributed by atoms with Crippen molar-refractivity contribution in [3.8, 4) is 16.8 Å². The van der Waals surface area contributed by atoms with Gasteiger partial charge in [0.15, 0.2) is 5.65 Å². The van der Waals surface area contributed by atoms with Crippen LogP contribution in [-0.2, 0) is 6.54 Å². The van der Waals surface area contributed by atoms with Crippen molar-refractivity contribution < 1.29 is 0 Å². The van der Waals surface area contributed by atoms with Crippen LogP contribution in [0.5, 0.6) is 0 Å². The van der Waals surface area contributed by atoms with Crippen LogP contribution >= 0.6 is 0 Å². The Morgan fingerprint density at radius 3 is 2.43 bits per heavy atom. The summed E-state index contributed by atoms with van der Waals surface area (Å²) < 4.78 is 3.76. The van der Waals surface area contributed by atoms with Gasteiger partial charge in [0, 0.05) is 50.7 Å². The molecule has 0 unspecified atom stereocenters. The molecule has 5 aromatic rings. The first-order valence-electron chi connectivity index (χ1n) is 12.6. The van der Waals surface area contributed by atoms with Crippen LogP contribution in [0.2, 0.25) is 0 Å². The van der Waals surface area contributed by atoms with Crippen molar-refractivity contribution in [2.24, 2.45) is 0 Å². The van der Waals surface area contributed by atoms with Crippen molar-refractivity contribution in [3.63, 3.8) is 0 Å². The monoisotopic (exact) mass is 495 g/mol. The van der Waals surface area contributed by atoms with Gasteiger partial charge in [-0.2, -0.15) is 14.7 Å². The fourth-order valence-electron chi connectivity index (χ4n) is 4.67. The first-order chi connectivity index (χ1) is 17.9. The van der Waals surface area contributed by atoms with Crippen LogP contribution in [-0.4, -0.2) is 55.0 Å². The fourth-order valence-corrected chi connectivity index (χ4v) is 4.67. The summed E-state index contributed by atoms with van der Waals surface area (Å²) in [6, 6.07) is 12.7. The normalized spacial score (nSPS) is 11.3. The lowest BCUT2D eigenvalue weighted by Crippen LogP contribution is -2.26. The SMILES string of the molecule is CCCN(Cc1ccc(-n2cncn2)cc1)c1cc(C)nc2c(-c3cnc(N(C)C)cc3C)c(C)nn12. The molecule has 0 saturated carbocycles. The quantitative estimate of drug-likeness (QED) is 0.306. The topological polar surface area (TPSA) is 80.3 Å². The molecule has 0 bridgehead atoms. The van der Waals surface area contributed by atoms with Crippen LogP contribution in [0.25, 0.3) is 22.5 Å². The molecular formula is C28H33N9. The van der Waals surface area contributed by atoms with Gasteiger partial charge in [-0.15, -0.1) is 0 Å². The molecule has 0 aliphatic rings. The maximum absolute atomic E-state index is 4.98. The molecule has 9 nitrogen and oxygen atoms in total. The molecule has 0 N–H and O–H groups in total. The third-order valence-corrected chi connectivity index (χ3v) is 6.51. The second kappa shape index (κ2) is 10.0. The van der Waals surface area contributed by atoms with Crippen LogP contribution in [0.15, 0.2) is 55.2 Å². The molecule has 0 saturated heterocycles. The third kappa shape index (κ3) is 4.76. The van der Waals surface area contributed by atoms with Crippen molar-refractivity contribution in [1.82, 2.24) is 34.3 Å². The minimum atomic E-state index is 0.760. The van der Waals surface area contributed by atoms with Crippen LogP contribution in [0.4, 0.5) is 11.6 Å². The van der Waals surface area contributed by atoms with E-state index in [0.717, 1.165) is 70.6 Å². The number of hydrogen-bond acceptors (Lipinski definition) is 7. The van der Waals surface area contributed by atoms with Gasteiger partial charge in [-0.3, -0.25) is 0 Å². The first kappa shape index (κ1) is 24.4. The number of nitrogens with zero attached hydrogens (tertiary/aromatic N) is 9. The summed E-state index contributed by atoms with van der Waals surface area (Å²) in [5.41, 5.74) is 8.21. The van der Waals surface area contributed by atoms with Gasteiger partial charge in [0.1, 0.15) is 24.3 Å². The van der Waals surface area contributed by atoms with Gasteiger partial charge in [0.25, 0.3) is 0 Å². The molecule has 0 aliphatic heterocycles. The smallest absolute Gasteiger partial charge is 0.165 e. The number of fused-ring (bicyclic) bond motifs is 1. The van der Waals surface area contributed by atoms with E-state index >= 15 is 0 Å². The first-order valence-corrected chi connectivity index (χ1v) is 12.6. The molecule has 0 aliphatic carbocycles. The number of rotatable bonds is 8. The van der Waals surface area contributed by atoms with Crippen LogP contribution in [0.1, 0.15) is 35.9 Å². The Labute approximate surface area is 217 Å². The van der Waals surface area contributed by atoms with E-state index in [0.29, 0.717) is 0 Å². The maximum Gasteiger partial charge on any atom is 0.165 e. The zero-order valence-electron chi connectivity index (χ0n) is 22.3. The van der Waals surface area contributed by atoms with E-state index in [4.69, 9.17) is 10.1 Å². The van der Waals surface area contributed by atoms with Crippen molar-refractivity contribution >= 4 is 17.3 Å². The Morgan fingerprint density at radius 1 is 1.00 bits per heavy atom. The third-order valence-electron chi connectivity index (χ3n) is 6.51. The van der Waals surface area contributed by atoms with E-state index < -0.39 is 0 Å². The lowest BCUT2D eigenvalue weighted by molar-refractivity contribution is 0.728. The summed E-state index contributed by atoms with van der Waals surface area (Å²) >= 11 is 0. The number of aryl methyl sites for hydroxylation is 3.